The van der Waals surface area contributed by atoms with Gasteiger partial charge in [-0.2, -0.15) is 0 Å². The van der Waals surface area contributed by atoms with Crippen molar-refractivity contribution in [2.24, 2.45) is 0 Å². The topological polar surface area (TPSA) is 55.6 Å². The monoisotopic (exact) mass is 217 g/mol. The van der Waals surface area contributed by atoms with Crippen LogP contribution in [-0.2, 0) is 0 Å². The molecule has 5 nitrogen and oxygen atoms in total. The standard InChI is InChI=1S/C11H15N5/c1-3-9(2)13-10-5-4-6-11(7-10)16-8-12-14-15-16/h4-9,13H,3H2,1-2H3. The molecule has 0 bridgehead atoms. The highest BCUT2D eigenvalue weighted by atomic mass is 15.5. The van der Waals surface area contributed by atoms with E-state index in [9.17, 15) is 0 Å². The molecule has 2 rings (SSSR count). The average Bonchev–Trinajstić information content (AvgIpc) is 2.83. The number of rotatable bonds is 4. The lowest BCUT2D eigenvalue weighted by Crippen LogP contribution is -2.13. The van der Waals surface area contributed by atoms with Crippen LogP contribution in [0.3, 0.4) is 0 Å². The van der Waals surface area contributed by atoms with Crippen molar-refractivity contribution >= 4 is 5.69 Å². The number of hydrogen-bond acceptors (Lipinski definition) is 4. The number of anilines is 1. The highest BCUT2D eigenvalue weighted by molar-refractivity contribution is 5.51. The van der Waals surface area contributed by atoms with Crippen LogP contribution in [0.25, 0.3) is 5.69 Å². The first-order chi connectivity index (χ1) is 7.79. The maximum absolute atomic E-state index is 3.85. The summed E-state index contributed by atoms with van der Waals surface area (Å²) in [6.07, 6.45) is 2.68. The van der Waals surface area contributed by atoms with E-state index in [0.29, 0.717) is 6.04 Å². The van der Waals surface area contributed by atoms with Crippen molar-refractivity contribution in [3.05, 3.63) is 30.6 Å². The first kappa shape index (κ1) is 10.6. The molecule has 1 unspecified atom stereocenters. The third kappa shape index (κ3) is 2.36. The Hall–Kier alpha value is -1.91. The second-order valence-corrected chi connectivity index (χ2v) is 3.76. The van der Waals surface area contributed by atoms with Gasteiger partial charge in [-0.05, 0) is 42.0 Å². The van der Waals surface area contributed by atoms with Gasteiger partial charge in [0.2, 0.25) is 0 Å². The van der Waals surface area contributed by atoms with Crippen LogP contribution in [0.2, 0.25) is 0 Å². The first-order valence-electron chi connectivity index (χ1n) is 5.39. The molecule has 0 saturated heterocycles. The molecule has 0 saturated carbocycles. The molecule has 2 aromatic rings. The van der Waals surface area contributed by atoms with Gasteiger partial charge < -0.3 is 5.32 Å². The van der Waals surface area contributed by atoms with Gasteiger partial charge in [0.1, 0.15) is 6.33 Å². The molecule has 0 aliphatic rings. The predicted molar refractivity (Wildman–Crippen MR) is 62.5 cm³/mol. The molecular formula is C11H15N5. The summed E-state index contributed by atoms with van der Waals surface area (Å²) in [5.41, 5.74) is 2.04. The Morgan fingerprint density at radius 3 is 3.00 bits per heavy atom. The Balaban J connectivity index is 2.20. The molecule has 84 valence electrons. The molecule has 1 aromatic heterocycles. The highest BCUT2D eigenvalue weighted by Crippen LogP contribution is 2.14. The van der Waals surface area contributed by atoms with Crippen molar-refractivity contribution in [3.63, 3.8) is 0 Å². The molecule has 1 aromatic carbocycles. The van der Waals surface area contributed by atoms with Crippen molar-refractivity contribution in [1.82, 2.24) is 20.2 Å². The summed E-state index contributed by atoms with van der Waals surface area (Å²) < 4.78 is 1.64. The fraction of sp³-hybridized carbons (Fsp3) is 0.364. The molecule has 16 heavy (non-hydrogen) atoms. The Morgan fingerprint density at radius 1 is 1.44 bits per heavy atom. The molecule has 1 N–H and O–H groups in total. The summed E-state index contributed by atoms with van der Waals surface area (Å²) in [4.78, 5) is 0. The number of benzene rings is 1. The molecule has 0 aliphatic carbocycles. The Kier molecular flexibility index (Phi) is 3.14. The van der Waals surface area contributed by atoms with Crippen molar-refractivity contribution in [1.29, 1.82) is 0 Å². The van der Waals surface area contributed by atoms with Gasteiger partial charge in [-0.25, -0.2) is 4.68 Å². The van der Waals surface area contributed by atoms with E-state index in [1.54, 1.807) is 11.0 Å². The van der Waals surface area contributed by atoms with Crippen molar-refractivity contribution in [3.8, 4) is 5.69 Å². The number of tetrazole rings is 1. The van der Waals surface area contributed by atoms with Crippen LogP contribution >= 0.6 is 0 Å². The van der Waals surface area contributed by atoms with E-state index in [1.165, 1.54) is 0 Å². The van der Waals surface area contributed by atoms with Gasteiger partial charge in [-0.1, -0.05) is 13.0 Å². The average molecular weight is 217 g/mol. The molecule has 0 aliphatic heterocycles. The van der Waals surface area contributed by atoms with Gasteiger partial charge in [-0.15, -0.1) is 5.10 Å². The van der Waals surface area contributed by atoms with Gasteiger partial charge in [0.25, 0.3) is 0 Å². The van der Waals surface area contributed by atoms with Crippen LogP contribution in [0.15, 0.2) is 30.6 Å². The second-order valence-electron chi connectivity index (χ2n) is 3.76. The van der Waals surface area contributed by atoms with Crippen LogP contribution in [-0.4, -0.2) is 26.2 Å². The zero-order valence-electron chi connectivity index (χ0n) is 9.46. The minimum absolute atomic E-state index is 0.462. The van der Waals surface area contributed by atoms with Gasteiger partial charge in [0, 0.05) is 11.7 Å². The quantitative estimate of drug-likeness (QED) is 0.849. The van der Waals surface area contributed by atoms with Gasteiger partial charge in [0.05, 0.1) is 5.69 Å². The molecule has 0 spiro atoms. The number of nitrogens with one attached hydrogen (secondary N) is 1. The highest BCUT2D eigenvalue weighted by Gasteiger charge is 2.01. The van der Waals surface area contributed by atoms with Crippen LogP contribution in [0, 0.1) is 0 Å². The van der Waals surface area contributed by atoms with E-state index in [4.69, 9.17) is 0 Å². The summed E-state index contributed by atoms with van der Waals surface area (Å²) in [6.45, 7) is 4.31. The summed E-state index contributed by atoms with van der Waals surface area (Å²) in [5, 5.41) is 14.5. The lowest BCUT2D eigenvalue weighted by molar-refractivity contribution is 0.762. The van der Waals surface area contributed by atoms with Crippen LogP contribution in [0.4, 0.5) is 5.69 Å². The molecular weight excluding hydrogens is 202 g/mol. The molecule has 5 heteroatoms. The summed E-state index contributed by atoms with van der Waals surface area (Å²) in [6, 6.07) is 8.49. The third-order valence-corrected chi connectivity index (χ3v) is 2.49. The number of hydrogen-bond donors (Lipinski definition) is 1. The van der Waals surface area contributed by atoms with E-state index in [2.05, 4.69) is 34.7 Å². The lowest BCUT2D eigenvalue weighted by Gasteiger charge is -2.13. The Morgan fingerprint density at radius 2 is 2.31 bits per heavy atom. The summed E-state index contributed by atoms with van der Waals surface area (Å²) in [7, 11) is 0. The van der Waals surface area contributed by atoms with E-state index in [1.807, 2.05) is 24.3 Å². The molecule has 0 amide bonds. The van der Waals surface area contributed by atoms with Crippen molar-refractivity contribution in [2.75, 3.05) is 5.32 Å². The van der Waals surface area contributed by atoms with Crippen LogP contribution in [0.1, 0.15) is 20.3 Å². The molecule has 0 fully saturated rings. The Labute approximate surface area is 94.5 Å². The van der Waals surface area contributed by atoms with Crippen LogP contribution < -0.4 is 5.32 Å². The van der Waals surface area contributed by atoms with E-state index in [-0.39, 0.29) is 0 Å². The van der Waals surface area contributed by atoms with Crippen LogP contribution in [0.5, 0.6) is 0 Å². The second kappa shape index (κ2) is 4.74. The fourth-order valence-corrected chi connectivity index (χ4v) is 1.40. The smallest absolute Gasteiger partial charge is 0.143 e. The molecule has 1 atom stereocenters. The zero-order chi connectivity index (χ0) is 11.4. The summed E-state index contributed by atoms with van der Waals surface area (Å²) in [5.74, 6) is 0. The SMILES string of the molecule is CCC(C)Nc1cccc(-n2cnnn2)c1. The minimum Gasteiger partial charge on any atom is -0.383 e. The number of aromatic nitrogens is 4. The third-order valence-electron chi connectivity index (χ3n) is 2.49. The Bertz CT molecular complexity index is 437. The minimum atomic E-state index is 0.462. The maximum atomic E-state index is 3.85. The lowest BCUT2D eigenvalue weighted by atomic mass is 10.2. The first-order valence-corrected chi connectivity index (χ1v) is 5.39. The predicted octanol–water partition coefficient (Wildman–Crippen LogP) is 1.87. The van der Waals surface area contributed by atoms with Crippen molar-refractivity contribution < 1.29 is 0 Å². The fourth-order valence-electron chi connectivity index (χ4n) is 1.40. The normalized spacial score (nSPS) is 12.4. The van der Waals surface area contributed by atoms with E-state index < -0.39 is 0 Å². The largest absolute Gasteiger partial charge is 0.383 e. The summed E-state index contributed by atoms with van der Waals surface area (Å²) >= 11 is 0. The molecule has 0 radical (unpaired) electrons. The maximum Gasteiger partial charge on any atom is 0.143 e. The van der Waals surface area contributed by atoms with Gasteiger partial charge in [-0.3, -0.25) is 0 Å². The number of nitrogens with zero attached hydrogens (tertiary/aromatic N) is 4. The van der Waals surface area contributed by atoms with Gasteiger partial charge in [0.15, 0.2) is 0 Å². The molecule has 1 heterocycles. The van der Waals surface area contributed by atoms with Gasteiger partial charge >= 0.3 is 0 Å². The van der Waals surface area contributed by atoms with E-state index >= 15 is 0 Å². The van der Waals surface area contributed by atoms with E-state index in [0.717, 1.165) is 17.8 Å². The zero-order valence-corrected chi connectivity index (χ0v) is 9.46. The van der Waals surface area contributed by atoms with Crippen molar-refractivity contribution in [2.45, 2.75) is 26.3 Å².